The third-order valence-electron chi connectivity index (χ3n) is 5.49. The molecule has 2 nitrogen and oxygen atoms in total. The van der Waals surface area contributed by atoms with Crippen LogP contribution in [-0.4, -0.2) is 11.1 Å². The number of rotatable bonds is 3. The first-order valence-corrected chi connectivity index (χ1v) is 5.96. The van der Waals surface area contributed by atoms with Crippen LogP contribution in [0.2, 0.25) is 0 Å². The number of hydrogen-bond donors (Lipinski definition) is 1. The predicted molar refractivity (Wildman–Crippen MR) is 59.6 cm³/mol. The van der Waals surface area contributed by atoms with E-state index < -0.39 is 5.97 Å². The number of carboxylic acid groups (broad SMARTS) is 1. The summed E-state index contributed by atoms with van der Waals surface area (Å²) in [5.74, 6) is -0.0180. The fourth-order valence-electron chi connectivity index (χ4n) is 4.23. The molecule has 0 unspecified atom stereocenters. The first-order chi connectivity index (χ1) is 6.74. The van der Waals surface area contributed by atoms with E-state index in [9.17, 15) is 4.79 Å². The Morgan fingerprint density at radius 3 is 1.87 bits per heavy atom. The first-order valence-electron chi connectivity index (χ1n) is 5.96. The minimum absolute atomic E-state index is 0.124. The van der Waals surface area contributed by atoms with Crippen LogP contribution in [0.1, 0.15) is 53.4 Å². The smallest absolute Gasteiger partial charge is 0.303 e. The van der Waals surface area contributed by atoms with Gasteiger partial charge in [0.1, 0.15) is 0 Å². The van der Waals surface area contributed by atoms with Gasteiger partial charge < -0.3 is 5.11 Å². The normalized spacial score (nSPS) is 30.7. The molecular formula is C13H22O2. The maximum absolute atomic E-state index is 11.0. The van der Waals surface area contributed by atoms with Gasteiger partial charge in [-0.2, -0.15) is 0 Å². The van der Waals surface area contributed by atoms with E-state index in [1.807, 2.05) is 0 Å². The van der Waals surface area contributed by atoms with Crippen LogP contribution in [-0.2, 0) is 4.79 Å². The van der Waals surface area contributed by atoms with Gasteiger partial charge in [-0.3, -0.25) is 4.79 Å². The van der Waals surface area contributed by atoms with Gasteiger partial charge in [0.05, 0.1) is 6.42 Å². The van der Waals surface area contributed by atoms with E-state index in [1.54, 1.807) is 0 Å². The minimum atomic E-state index is -0.617. The highest BCUT2D eigenvalue weighted by atomic mass is 16.4. The Morgan fingerprint density at radius 1 is 1.20 bits per heavy atom. The zero-order valence-corrected chi connectivity index (χ0v) is 10.3. The van der Waals surface area contributed by atoms with Crippen molar-refractivity contribution in [3.05, 3.63) is 0 Å². The molecule has 2 aliphatic carbocycles. The Balaban J connectivity index is 2.19. The Bertz CT molecular complexity index is 284. The second-order valence-electron chi connectivity index (χ2n) is 6.66. The molecule has 0 aromatic carbocycles. The summed E-state index contributed by atoms with van der Waals surface area (Å²) in [6, 6.07) is 0. The third-order valence-corrected chi connectivity index (χ3v) is 5.49. The average molecular weight is 210 g/mol. The molecule has 86 valence electrons. The number of carbonyl (C=O) groups is 1. The third kappa shape index (κ3) is 1.26. The van der Waals surface area contributed by atoms with Gasteiger partial charge in [-0.05, 0) is 35.0 Å². The molecule has 0 bridgehead atoms. The Kier molecular flexibility index (Phi) is 2.03. The van der Waals surface area contributed by atoms with Crippen molar-refractivity contribution in [3.63, 3.8) is 0 Å². The van der Waals surface area contributed by atoms with Crippen molar-refractivity contribution in [3.8, 4) is 0 Å². The monoisotopic (exact) mass is 210 g/mol. The molecule has 2 rings (SSSR count). The molecule has 0 amide bonds. The van der Waals surface area contributed by atoms with Gasteiger partial charge >= 0.3 is 5.97 Å². The first kappa shape index (κ1) is 11.0. The highest BCUT2D eigenvalue weighted by Crippen LogP contribution is 2.78. The SMILES string of the molecule is CC1(C)C(C2(CC(=O)O)CCC2)C1(C)C. The molecular weight excluding hydrogens is 188 g/mol. The van der Waals surface area contributed by atoms with E-state index in [0.717, 1.165) is 12.8 Å². The molecule has 2 heteroatoms. The molecule has 1 N–H and O–H groups in total. The Morgan fingerprint density at radius 2 is 1.67 bits per heavy atom. The largest absolute Gasteiger partial charge is 0.481 e. The molecule has 0 saturated heterocycles. The summed E-state index contributed by atoms with van der Waals surface area (Å²) in [4.78, 5) is 11.0. The van der Waals surface area contributed by atoms with Gasteiger partial charge in [0.25, 0.3) is 0 Å². The summed E-state index contributed by atoms with van der Waals surface area (Å²) in [5.41, 5.74) is 0.768. The molecule has 0 aliphatic heterocycles. The zero-order chi connectivity index (χ0) is 11.5. The van der Waals surface area contributed by atoms with E-state index in [4.69, 9.17) is 5.11 Å². The van der Waals surface area contributed by atoms with Crippen molar-refractivity contribution < 1.29 is 9.90 Å². The molecule has 0 aromatic rings. The van der Waals surface area contributed by atoms with Crippen molar-refractivity contribution in [1.29, 1.82) is 0 Å². The molecule has 2 aliphatic rings. The molecule has 0 radical (unpaired) electrons. The number of aliphatic carboxylic acids is 1. The van der Waals surface area contributed by atoms with E-state index in [-0.39, 0.29) is 5.41 Å². The standard InChI is InChI=1S/C13H22O2/c1-11(2)10(12(11,3)4)13(6-5-7-13)8-9(14)15/h10H,5-8H2,1-4H3,(H,14,15). The zero-order valence-electron chi connectivity index (χ0n) is 10.3. The van der Waals surface area contributed by atoms with Crippen molar-refractivity contribution >= 4 is 5.97 Å². The van der Waals surface area contributed by atoms with E-state index in [0.29, 0.717) is 23.2 Å². The van der Waals surface area contributed by atoms with Gasteiger partial charge in [-0.15, -0.1) is 0 Å². The van der Waals surface area contributed by atoms with Crippen LogP contribution in [0, 0.1) is 22.2 Å². The van der Waals surface area contributed by atoms with Crippen LogP contribution in [0.3, 0.4) is 0 Å². The Labute approximate surface area is 92.1 Å². The maximum Gasteiger partial charge on any atom is 0.303 e. The average Bonchev–Trinajstić information content (AvgIpc) is 2.36. The summed E-state index contributed by atoms with van der Waals surface area (Å²) in [5, 5.41) is 9.03. The van der Waals surface area contributed by atoms with Crippen molar-refractivity contribution in [2.45, 2.75) is 53.4 Å². The second-order valence-corrected chi connectivity index (χ2v) is 6.66. The lowest BCUT2D eigenvalue weighted by Gasteiger charge is -2.43. The molecule has 2 saturated carbocycles. The quantitative estimate of drug-likeness (QED) is 0.776. The van der Waals surface area contributed by atoms with Crippen LogP contribution < -0.4 is 0 Å². The van der Waals surface area contributed by atoms with Crippen LogP contribution in [0.15, 0.2) is 0 Å². The summed E-state index contributed by atoms with van der Waals surface area (Å²) in [6.45, 7) is 9.17. The summed E-state index contributed by atoms with van der Waals surface area (Å²) >= 11 is 0. The molecule has 0 aromatic heterocycles. The van der Waals surface area contributed by atoms with E-state index in [2.05, 4.69) is 27.7 Å². The lowest BCUT2D eigenvalue weighted by molar-refractivity contribution is -0.142. The highest BCUT2D eigenvalue weighted by molar-refractivity contribution is 5.68. The minimum Gasteiger partial charge on any atom is -0.481 e. The van der Waals surface area contributed by atoms with Crippen molar-refractivity contribution in [2.24, 2.45) is 22.2 Å². The molecule has 2 fully saturated rings. The molecule has 0 atom stereocenters. The summed E-state index contributed by atoms with van der Waals surface area (Å²) in [7, 11) is 0. The highest BCUT2D eigenvalue weighted by Gasteiger charge is 2.72. The van der Waals surface area contributed by atoms with Crippen molar-refractivity contribution in [2.75, 3.05) is 0 Å². The summed E-state index contributed by atoms with van der Waals surface area (Å²) < 4.78 is 0. The van der Waals surface area contributed by atoms with Gasteiger partial charge in [-0.1, -0.05) is 34.1 Å². The van der Waals surface area contributed by atoms with Gasteiger partial charge in [0.2, 0.25) is 0 Å². The lowest BCUT2D eigenvalue weighted by atomic mass is 9.61. The second kappa shape index (κ2) is 2.78. The van der Waals surface area contributed by atoms with Crippen LogP contribution in [0.4, 0.5) is 0 Å². The predicted octanol–water partition coefficient (Wildman–Crippen LogP) is 3.31. The van der Waals surface area contributed by atoms with E-state index in [1.165, 1.54) is 6.42 Å². The Hall–Kier alpha value is -0.530. The van der Waals surface area contributed by atoms with Crippen molar-refractivity contribution in [1.82, 2.24) is 0 Å². The maximum atomic E-state index is 11.0. The van der Waals surface area contributed by atoms with Gasteiger partial charge in [0.15, 0.2) is 0 Å². The van der Waals surface area contributed by atoms with E-state index >= 15 is 0 Å². The van der Waals surface area contributed by atoms with Crippen LogP contribution in [0.5, 0.6) is 0 Å². The number of carboxylic acids is 1. The number of hydrogen-bond acceptors (Lipinski definition) is 1. The topological polar surface area (TPSA) is 37.3 Å². The van der Waals surface area contributed by atoms with Crippen LogP contribution >= 0.6 is 0 Å². The van der Waals surface area contributed by atoms with Gasteiger partial charge in [0, 0.05) is 0 Å². The molecule has 15 heavy (non-hydrogen) atoms. The summed E-state index contributed by atoms with van der Waals surface area (Å²) in [6.07, 6.45) is 3.84. The fourth-order valence-corrected chi connectivity index (χ4v) is 4.23. The van der Waals surface area contributed by atoms with Gasteiger partial charge in [-0.25, -0.2) is 0 Å². The lowest BCUT2D eigenvalue weighted by Crippen LogP contribution is -2.36. The molecule has 0 spiro atoms. The van der Waals surface area contributed by atoms with Crippen LogP contribution in [0.25, 0.3) is 0 Å². The fraction of sp³-hybridized carbons (Fsp3) is 0.923. The molecule has 0 heterocycles.